The molecule has 8 heteroatoms. The second kappa shape index (κ2) is 8.90. The molecular weight excluding hydrogens is 430 g/mol. The molecule has 1 N–H and O–H groups in total. The Morgan fingerprint density at radius 2 is 1.77 bits per heavy atom. The van der Waals surface area contributed by atoms with Crippen molar-refractivity contribution < 1.29 is 13.2 Å². The summed E-state index contributed by atoms with van der Waals surface area (Å²) in [5.41, 5.74) is 0.914. The second-order valence-electron chi connectivity index (χ2n) is 7.73. The van der Waals surface area contributed by atoms with Gasteiger partial charge in [-0.3, -0.25) is 9.78 Å². The lowest BCUT2D eigenvalue weighted by Gasteiger charge is -2.40. The van der Waals surface area contributed by atoms with E-state index >= 15 is 0 Å². The molecule has 1 aliphatic heterocycles. The van der Waals surface area contributed by atoms with E-state index in [0.29, 0.717) is 30.1 Å². The number of carbonyl (C=O) groups is 1. The first-order chi connectivity index (χ1) is 14.9. The standard InChI is InChI=1S/C23H25N3O3S2/c1-18(20-10-5-6-14-24-20)25-22(27)23(19-8-3-2-4-9-19)12-15-26(16-13-23)31(28,29)21-11-7-17-30-21/h2-11,14,17-18H,12-13,15-16H2,1H3,(H,25,27)/t18-/m0/s1. The zero-order valence-corrected chi connectivity index (χ0v) is 18.9. The Labute approximate surface area is 187 Å². The zero-order chi connectivity index (χ0) is 21.9. The summed E-state index contributed by atoms with van der Waals surface area (Å²) >= 11 is 1.22. The van der Waals surface area contributed by atoms with Crippen molar-refractivity contribution in [3.63, 3.8) is 0 Å². The summed E-state index contributed by atoms with van der Waals surface area (Å²) in [4.78, 5) is 17.9. The van der Waals surface area contributed by atoms with Crippen molar-refractivity contribution in [2.45, 2.75) is 35.4 Å². The highest BCUT2D eigenvalue weighted by atomic mass is 32.2. The Balaban J connectivity index is 1.58. The summed E-state index contributed by atoms with van der Waals surface area (Å²) in [6, 6.07) is 18.4. The number of hydrogen-bond acceptors (Lipinski definition) is 5. The quantitative estimate of drug-likeness (QED) is 0.614. The van der Waals surface area contributed by atoms with Crippen LogP contribution in [0.5, 0.6) is 0 Å². The number of piperidine rings is 1. The van der Waals surface area contributed by atoms with Crippen molar-refractivity contribution >= 4 is 27.3 Å². The van der Waals surface area contributed by atoms with Crippen LogP contribution in [-0.4, -0.2) is 36.7 Å². The number of carbonyl (C=O) groups excluding carboxylic acids is 1. The van der Waals surface area contributed by atoms with Crippen LogP contribution in [0.4, 0.5) is 0 Å². The van der Waals surface area contributed by atoms with E-state index in [9.17, 15) is 13.2 Å². The highest BCUT2D eigenvalue weighted by Gasteiger charge is 2.45. The van der Waals surface area contributed by atoms with Crippen LogP contribution >= 0.6 is 11.3 Å². The highest BCUT2D eigenvalue weighted by Crippen LogP contribution is 2.38. The normalized spacial score (nSPS) is 17.7. The maximum Gasteiger partial charge on any atom is 0.252 e. The lowest BCUT2D eigenvalue weighted by molar-refractivity contribution is -0.129. The van der Waals surface area contributed by atoms with Crippen LogP contribution in [0.1, 0.15) is 37.1 Å². The fourth-order valence-electron chi connectivity index (χ4n) is 4.09. The number of amides is 1. The number of thiophene rings is 1. The molecule has 0 bridgehead atoms. The lowest BCUT2D eigenvalue weighted by atomic mass is 9.72. The van der Waals surface area contributed by atoms with E-state index in [1.165, 1.54) is 15.6 Å². The molecule has 3 aromatic rings. The van der Waals surface area contributed by atoms with Gasteiger partial charge in [-0.15, -0.1) is 11.3 Å². The minimum atomic E-state index is -3.53. The molecule has 2 aromatic heterocycles. The average Bonchev–Trinajstić information content (AvgIpc) is 3.36. The predicted octanol–water partition coefficient (Wildman–Crippen LogP) is 3.74. The molecule has 0 aliphatic carbocycles. The molecule has 0 radical (unpaired) electrons. The molecule has 1 fully saturated rings. The smallest absolute Gasteiger partial charge is 0.252 e. The number of pyridine rings is 1. The molecule has 162 valence electrons. The van der Waals surface area contributed by atoms with E-state index in [1.807, 2.05) is 55.5 Å². The molecule has 3 heterocycles. The molecule has 1 atom stereocenters. The molecule has 4 rings (SSSR count). The summed E-state index contributed by atoms with van der Waals surface area (Å²) < 4.78 is 27.7. The number of rotatable bonds is 6. The van der Waals surface area contributed by atoms with Crippen molar-refractivity contribution in [1.82, 2.24) is 14.6 Å². The fraction of sp³-hybridized carbons (Fsp3) is 0.304. The number of aromatic nitrogens is 1. The molecule has 1 aliphatic rings. The Bertz CT molecular complexity index is 1110. The van der Waals surface area contributed by atoms with Gasteiger partial charge in [0.2, 0.25) is 5.91 Å². The SMILES string of the molecule is C[C@H](NC(=O)C1(c2ccccc2)CCN(S(=O)(=O)c2cccs2)CC1)c1ccccn1. The number of sulfonamides is 1. The first-order valence-electron chi connectivity index (χ1n) is 10.2. The first kappa shape index (κ1) is 21.7. The molecule has 1 amide bonds. The molecule has 6 nitrogen and oxygen atoms in total. The third kappa shape index (κ3) is 4.28. The number of nitrogens with one attached hydrogen (secondary N) is 1. The Kier molecular flexibility index (Phi) is 6.22. The highest BCUT2D eigenvalue weighted by molar-refractivity contribution is 7.91. The molecule has 1 aromatic carbocycles. The van der Waals surface area contributed by atoms with Crippen LogP contribution in [0.25, 0.3) is 0 Å². The first-order valence-corrected chi connectivity index (χ1v) is 12.6. The van der Waals surface area contributed by atoms with Crippen molar-refractivity contribution in [2.75, 3.05) is 13.1 Å². The topological polar surface area (TPSA) is 79.4 Å². The van der Waals surface area contributed by atoms with Crippen LogP contribution in [0.3, 0.4) is 0 Å². The van der Waals surface area contributed by atoms with E-state index in [1.54, 1.807) is 23.7 Å². The van der Waals surface area contributed by atoms with Gasteiger partial charge in [0.25, 0.3) is 10.0 Å². The predicted molar refractivity (Wildman–Crippen MR) is 121 cm³/mol. The van der Waals surface area contributed by atoms with Gasteiger partial charge in [-0.05, 0) is 48.9 Å². The molecule has 0 saturated carbocycles. The van der Waals surface area contributed by atoms with Gasteiger partial charge < -0.3 is 5.32 Å². The summed E-state index contributed by atoms with van der Waals surface area (Å²) in [5, 5.41) is 4.88. The monoisotopic (exact) mass is 455 g/mol. The van der Waals surface area contributed by atoms with Gasteiger partial charge in [0.1, 0.15) is 4.21 Å². The van der Waals surface area contributed by atoms with E-state index < -0.39 is 15.4 Å². The van der Waals surface area contributed by atoms with Gasteiger partial charge in [-0.1, -0.05) is 42.5 Å². The minimum absolute atomic E-state index is 0.0926. The maximum absolute atomic E-state index is 13.6. The van der Waals surface area contributed by atoms with Gasteiger partial charge in [0.05, 0.1) is 17.2 Å². The molecule has 31 heavy (non-hydrogen) atoms. The van der Waals surface area contributed by atoms with Crippen LogP contribution in [-0.2, 0) is 20.2 Å². The summed E-state index contributed by atoms with van der Waals surface area (Å²) in [6.45, 7) is 2.50. The Hall–Kier alpha value is -2.55. The van der Waals surface area contributed by atoms with Gasteiger partial charge in [-0.2, -0.15) is 4.31 Å². The van der Waals surface area contributed by atoms with E-state index in [2.05, 4.69) is 10.3 Å². The summed E-state index contributed by atoms with van der Waals surface area (Å²) in [5.74, 6) is -0.0926. The van der Waals surface area contributed by atoms with Gasteiger partial charge in [-0.25, -0.2) is 8.42 Å². The second-order valence-corrected chi connectivity index (χ2v) is 10.8. The fourth-order valence-corrected chi connectivity index (χ4v) is 6.68. The molecule has 0 spiro atoms. The van der Waals surface area contributed by atoms with Crippen molar-refractivity contribution in [2.24, 2.45) is 0 Å². The van der Waals surface area contributed by atoms with E-state index in [-0.39, 0.29) is 11.9 Å². The van der Waals surface area contributed by atoms with Gasteiger partial charge in [0.15, 0.2) is 0 Å². The minimum Gasteiger partial charge on any atom is -0.347 e. The van der Waals surface area contributed by atoms with Crippen LogP contribution in [0.2, 0.25) is 0 Å². The number of benzene rings is 1. The van der Waals surface area contributed by atoms with Gasteiger partial charge in [0, 0.05) is 19.3 Å². The zero-order valence-electron chi connectivity index (χ0n) is 17.3. The van der Waals surface area contributed by atoms with Crippen molar-refractivity contribution in [3.05, 3.63) is 83.5 Å². The number of nitrogens with zero attached hydrogens (tertiary/aromatic N) is 2. The van der Waals surface area contributed by atoms with Crippen LogP contribution in [0, 0.1) is 0 Å². The lowest BCUT2D eigenvalue weighted by Crippen LogP contribution is -2.53. The summed E-state index contributed by atoms with van der Waals surface area (Å²) in [6.07, 6.45) is 2.55. The van der Waals surface area contributed by atoms with Crippen LogP contribution in [0.15, 0.2) is 76.4 Å². The Morgan fingerprint density at radius 1 is 1.06 bits per heavy atom. The van der Waals surface area contributed by atoms with Crippen molar-refractivity contribution in [1.29, 1.82) is 0 Å². The molecular formula is C23H25N3O3S2. The molecule has 1 saturated heterocycles. The third-order valence-electron chi connectivity index (χ3n) is 5.91. The van der Waals surface area contributed by atoms with Gasteiger partial charge >= 0.3 is 0 Å². The Morgan fingerprint density at radius 3 is 2.39 bits per heavy atom. The van der Waals surface area contributed by atoms with Crippen molar-refractivity contribution in [3.8, 4) is 0 Å². The number of hydrogen-bond donors (Lipinski definition) is 1. The largest absolute Gasteiger partial charge is 0.347 e. The maximum atomic E-state index is 13.6. The summed E-state index contributed by atoms with van der Waals surface area (Å²) in [7, 11) is -3.53. The van der Waals surface area contributed by atoms with E-state index in [0.717, 1.165) is 11.3 Å². The van der Waals surface area contributed by atoms with Crippen LogP contribution < -0.4 is 5.32 Å². The molecule has 0 unspecified atom stereocenters. The average molecular weight is 456 g/mol. The third-order valence-corrected chi connectivity index (χ3v) is 9.18. The van der Waals surface area contributed by atoms with E-state index in [4.69, 9.17) is 0 Å².